The zero-order valence-electron chi connectivity index (χ0n) is 16.5. The van der Waals surface area contributed by atoms with E-state index in [2.05, 4.69) is 20.4 Å². The number of pyridine rings is 1. The summed E-state index contributed by atoms with van der Waals surface area (Å²) in [5.41, 5.74) is 2.77. The molecule has 7 heteroatoms. The molecular weight excluding hydrogens is 354 g/mol. The number of aromatic nitrogens is 3. The van der Waals surface area contributed by atoms with Crippen LogP contribution in [0.15, 0.2) is 35.0 Å². The molecule has 1 aliphatic rings. The number of anilines is 1. The van der Waals surface area contributed by atoms with Crippen molar-refractivity contribution in [3.63, 3.8) is 0 Å². The molecule has 1 atom stereocenters. The Morgan fingerprint density at radius 3 is 2.96 bits per heavy atom. The molecule has 3 heterocycles. The summed E-state index contributed by atoms with van der Waals surface area (Å²) in [6.07, 6.45) is 3.63. The molecule has 1 aliphatic heterocycles. The third kappa shape index (κ3) is 3.56. The summed E-state index contributed by atoms with van der Waals surface area (Å²) in [7, 11) is 0. The first kappa shape index (κ1) is 18.4. The van der Waals surface area contributed by atoms with E-state index in [4.69, 9.17) is 4.52 Å². The number of carbonyl (C=O) groups is 1. The quantitative estimate of drug-likeness (QED) is 0.726. The highest BCUT2D eigenvalue weighted by Gasteiger charge is 2.29. The molecule has 0 spiro atoms. The van der Waals surface area contributed by atoms with Gasteiger partial charge in [-0.05, 0) is 43.5 Å². The highest BCUT2D eigenvalue weighted by molar-refractivity contribution is 6.01. The normalized spacial score (nSPS) is 17.3. The second kappa shape index (κ2) is 7.58. The van der Waals surface area contributed by atoms with Crippen LogP contribution in [0, 0.1) is 6.92 Å². The maximum absolute atomic E-state index is 12.9. The summed E-state index contributed by atoms with van der Waals surface area (Å²) in [6, 6.07) is 7.68. The molecule has 1 aromatic carbocycles. The zero-order valence-corrected chi connectivity index (χ0v) is 16.5. The standard InChI is InChI=1S/C21H25N5O2/c1-13(2)19-24-20(28-25-19)15-6-5-11-26(12-15)21(27)23-17-9-8-14(3)18-16(17)7-4-10-22-18/h4,7-10,13,15H,5-6,11-12H2,1-3H3,(H,23,27)/t15-/m1/s1. The van der Waals surface area contributed by atoms with Crippen molar-refractivity contribution in [2.24, 2.45) is 0 Å². The van der Waals surface area contributed by atoms with E-state index in [1.54, 1.807) is 6.20 Å². The first-order valence-electron chi connectivity index (χ1n) is 9.76. The van der Waals surface area contributed by atoms with Crippen molar-refractivity contribution in [3.05, 3.63) is 47.7 Å². The van der Waals surface area contributed by atoms with Crippen LogP contribution in [-0.4, -0.2) is 39.1 Å². The van der Waals surface area contributed by atoms with Gasteiger partial charge >= 0.3 is 6.03 Å². The van der Waals surface area contributed by atoms with Crippen LogP contribution >= 0.6 is 0 Å². The van der Waals surface area contributed by atoms with Gasteiger partial charge in [0.2, 0.25) is 5.89 Å². The van der Waals surface area contributed by atoms with Gasteiger partial charge in [0.15, 0.2) is 5.82 Å². The van der Waals surface area contributed by atoms with Crippen LogP contribution in [0.25, 0.3) is 10.9 Å². The third-order valence-corrected chi connectivity index (χ3v) is 5.24. The summed E-state index contributed by atoms with van der Waals surface area (Å²) < 4.78 is 5.45. The van der Waals surface area contributed by atoms with Gasteiger partial charge in [-0.2, -0.15) is 4.98 Å². The van der Waals surface area contributed by atoms with E-state index < -0.39 is 0 Å². The van der Waals surface area contributed by atoms with Crippen molar-refractivity contribution in [3.8, 4) is 0 Å². The van der Waals surface area contributed by atoms with E-state index in [0.717, 1.165) is 47.4 Å². The van der Waals surface area contributed by atoms with Crippen LogP contribution in [0.4, 0.5) is 10.5 Å². The average Bonchev–Trinajstić information content (AvgIpc) is 3.21. The first-order valence-corrected chi connectivity index (χ1v) is 9.76. The Labute approximate surface area is 164 Å². The molecule has 2 amide bonds. The number of hydrogen-bond donors (Lipinski definition) is 1. The smallest absolute Gasteiger partial charge is 0.321 e. The van der Waals surface area contributed by atoms with Crippen molar-refractivity contribution < 1.29 is 9.32 Å². The molecule has 7 nitrogen and oxygen atoms in total. The Kier molecular flexibility index (Phi) is 4.98. The number of fused-ring (bicyclic) bond motifs is 1. The number of amides is 2. The maximum atomic E-state index is 12.9. The average molecular weight is 379 g/mol. The predicted molar refractivity (Wildman–Crippen MR) is 107 cm³/mol. The van der Waals surface area contributed by atoms with Gasteiger partial charge < -0.3 is 14.7 Å². The van der Waals surface area contributed by atoms with Crippen LogP contribution in [0.3, 0.4) is 0 Å². The van der Waals surface area contributed by atoms with Crippen LogP contribution in [0.1, 0.15) is 55.8 Å². The van der Waals surface area contributed by atoms with Crippen molar-refractivity contribution in [2.75, 3.05) is 18.4 Å². The molecule has 1 fully saturated rings. The third-order valence-electron chi connectivity index (χ3n) is 5.24. The van der Waals surface area contributed by atoms with Crippen molar-refractivity contribution in [1.82, 2.24) is 20.0 Å². The summed E-state index contributed by atoms with van der Waals surface area (Å²) >= 11 is 0. The van der Waals surface area contributed by atoms with Crippen LogP contribution in [-0.2, 0) is 0 Å². The van der Waals surface area contributed by atoms with Crippen LogP contribution < -0.4 is 5.32 Å². The fraction of sp³-hybridized carbons (Fsp3) is 0.429. The lowest BCUT2D eigenvalue weighted by Gasteiger charge is -2.31. The second-order valence-corrected chi connectivity index (χ2v) is 7.69. The van der Waals surface area contributed by atoms with E-state index in [1.807, 2.05) is 49.9 Å². The molecule has 0 unspecified atom stereocenters. The number of hydrogen-bond acceptors (Lipinski definition) is 5. The van der Waals surface area contributed by atoms with Gasteiger partial charge in [-0.3, -0.25) is 4.98 Å². The number of nitrogens with zero attached hydrogens (tertiary/aromatic N) is 4. The Bertz CT molecular complexity index is 997. The van der Waals surface area contributed by atoms with Gasteiger partial charge in [0.05, 0.1) is 17.1 Å². The fourth-order valence-corrected chi connectivity index (χ4v) is 3.63. The fourth-order valence-electron chi connectivity index (χ4n) is 3.63. The van der Waals surface area contributed by atoms with Gasteiger partial charge in [-0.1, -0.05) is 25.1 Å². The lowest BCUT2D eigenvalue weighted by Crippen LogP contribution is -2.41. The van der Waals surface area contributed by atoms with Gasteiger partial charge in [-0.25, -0.2) is 4.79 Å². The lowest BCUT2D eigenvalue weighted by molar-refractivity contribution is 0.184. The van der Waals surface area contributed by atoms with E-state index >= 15 is 0 Å². The number of piperidine rings is 1. The maximum Gasteiger partial charge on any atom is 0.321 e. The highest BCUT2D eigenvalue weighted by atomic mass is 16.5. The molecule has 0 saturated carbocycles. The molecule has 0 bridgehead atoms. The molecule has 0 aliphatic carbocycles. The number of rotatable bonds is 3. The van der Waals surface area contributed by atoms with Crippen LogP contribution in [0.2, 0.25) is 0 Å². The molecule has 146 valence electrons. The number of carbonyl (C=O) groups excluding carboxylic acids is 1. The van der Waals surface area contributed by atoms with Gasteiger partial charge in [-0.15, -0.1) is 0 Å². The molecule has 1 saturated heterocycles. The molecule has 28 heavy (non-hydrogen) atoms. The summed E-state index contributed by atoms with van der Waals surface area (Å²) in [5.74, 6) is 1.65. The molecule has 2 aromatic heterocycles. The largest absolute Gasteiger partial charge is 0.339 e. The monoisotopic (exact) mass is 379 g/mol. The lowest BCUT2D eigenvalue weighted by atomic mass is 9.98. The van der Waals surface area contributed by atoms with E-state index in [-0.39, 0.29) is 17.9 Å². The number of nitrogens with one attached hydrogen (secondary N) is 1. The number of urea groups is 1. The van der Waals surface area contributed by atoms with Gasteiger partial charge in [0.1, 0.15) is 0 Å². The highest BCUT2D eigenvalue weighted by Crippen LogP contribution is 2.28. The van der Waals surface area contributed by atoms with Crippen molar-refractivity contribution in [2.45, 2.75) is 45.4 Å². The summed E-state index contributed by atoms with van der Waals surface area (Å²) in [5, 5.41) is 8.06. The summed E-state index contributed by atoms with van der Waals surface area (Å²) in [4.78, 5) is 23.7. The Morgan fingerprint density at radius 2 is 2.18 bits per heavy atom. The Hall–Kier alpha value is -2.96. The molecule has 4 rings (SSSR count). The Balaban J connectivity index is 1.50. The van der Waals surface area contributed by atoms with Crippen molar-refractivity contribution in [1.29, 1.82) is 0 Å². The molecular formula is C21H25N5O2. The number of aryl methyl sites for hydroxylation is 1. The number of benzene rings is 1. The predicted octanol–water partition coefficient (Wildman–Crippen LogP) is 4.46. The first-order chi connectivity index (χ1) is 13.5. The minimum atomic E-state index is -0.109. The SMILES string of the molecule is Cc1ccc(NC(=O)N2CCC[C@@H](c3nc(C(C)C)no3)C2)c2cccnc12. The molecule has 3 aromatic rings. The Morgan fingerprint density at radius 1 is 1.32 bits per heavy atom. The zero-order chi connectivity index (χ0) is 19.7. The molecule has 1 N–H and O–H groups in total. The molecule has 0 radical (unpaired) electrons. The topological polar surface area (TPSA) is 84.2 Å². The van der Waals surface area contributed by atoms with Crippen molar-refractivity contribution >= 4 is 22.6 Å². The number of likely N-dealkylation sites (tertiary alicyclic amines) is 1. The minimum Gasteiger partial charge on any atom is -0.339 e. The van der Waals surface area contributed by atoms with Gasteiger partial charge in [0.25, 0.3) is 0 Å². The minimum absolute atomic E-state index is 0.0796. The van der Waals surface area contributed by atoms with E-state index in [1.165, 1.54) is 0 Å². The van der Waals surface area contributed by atoms with E-state index in [9.17, 15) is 4.79 Å². The van der Waals surface area contributed by atoms with Crippen LogP contribution in [0.5, 0.6) is 0 Å². The van der Waals surface area contributed by atoms with Gasteiger partial charge in [0, 0.05) is 30.6 Å². The summed E-state index contributed by atoms with van der Waals surface area (Å²) in [6.45, 7) is 7.39. The van der Waals surface area contributed by atoms with E-state index in [0.29, 0.717) is 12.4 Å². The second-order valence-electron chi connectivity index (χ2n) is 7.69.